The van der Waals surface area contributed by atoms with Crippen molar-refractivity contribution < 1.29 is 38.2 Å². The predicted molar refractivity (Wildman–Crippen MR) is 129 cm³/mol. The molecule has 1 heterocycles. The zero-order valence-corrected chi connectivity index (χ0v) is 21.6. The first-order valence-electron chi connectivity index (χ1n) is 11.6. The van der Waals surface area contributed by atoms with Gasteiger partial charge in [-0.05, 0) is 65.7 Å². The highest BCUT2D eigenvalue weighted by Crippen LogP contribution is 2.50. The van der Waals surface area contributed by atoms with Gasteiger partial charge < -0.3 is 19.5 Å². The van der Waals surface area contributed by atoms with Crippen LogP contribution in [-0.2, 0) is 34.0 Å². The minimum Gasteiger partial charge on any atom is -0.443 e. The van der Waals surface area contributed by atoms with E-state index in [-0.39, 0.29) is 18.7 Å². The summed E-state index contributed by atoms with van der Waals surface area (Å²) < 4.78 is 16.0. The van der Waals surface area contributed by atoms with Gasteiger partial charge in [0.05, 0.1) is 11.3 Å². The van der Waals surface area contributed by atoms with Crippen LogP contribution in [0, 0.1) is 5.92 Å². The molecule has 0 unspecified atom stereocenters. The van der Waals surface area contributed by atoms with Gasteiger partial charge in [-0.1, -0.05) is 18.2 Å². The second-order valence-corrected chi connectivity index (χ2v) is 10.8. The highest BCUT2D eigenvalue weighted by molar-refractivity contribution is 6.15. The van der Waals surface area contributed by atoms with Crippen molar-refractivity contribution in [2.24, 2.45) is 5.92 Å². The van der Waals surface area contributed by atoms with Crippen molar-refractivity contribution in [3.8, 4) is 0 Å². The third kappa shape index (κ3) is 5.42. The van der Waals surface area contributed by atoms with E-state index in [0.29, 0.717) is 11.3 Å². The van der Waals surface area contributed by atoms with Gasteiger partial charge in [0.1, 0.15) is 11.2 Å². The summed E-state index contributed by atoms with van der Waals surface area (Å²) in [6, 6.07) is 6.77. The maximum atomic E-state index is 13.7. The maximum absolute atomic E-state index is 13.7. The van der Waals surface area contributed by atoms with Crippen LogP contribution in [0.5, 0.6) is 0 Å². The number of carbonyl (C=O) groups is 5. The number of ketones is 1. The quantitative estimate of drug-likeness (QED) is 0.484. The van der Waals surface area contributed by atoms with Gasteiger partial charge in [-0.25, -0.2) is 14.5 Å². The summed E-state index contributed by atoms with van der Waals surface area (Å²) in [4.78, 5) is 65.2. The molecule has 0 spiro atoms. The van der Waals surface area contributed by atoms with Crippen molar-refractivity contribution in [1.82, 2.24) is 4.90 Å². The van der Waals surface area contributed by atoms with Gasteiger partial charge in [0.25, 0.3) is 0 Å². The number of nitrogens with one attached hydrogen (secondary N) is 1. The van der Waals surface area contributed by atoms with Gasteiger partial charge in [-0.3, -0.25) is 14.4 Å². The summed E-state index contributed by atoms with van der Waals surface area (Å²) in [6.07, 6.45) is -0.713. The lowest BCUT2D eigenvalue weighted by Gasteiger charge is -2.40. The topological polar surface area (TPSA) is 128 Å². The number of nitrogens with zero attached hydrogens (tertiary/aromatic N) is 1. The number of fused-ring (bicyclic) bond motifs is 3. The Morgan fingerprint density at radius 3 is 2.06 bits per heavy atom. The number of ether oxygens (including phenoxy) is 3. The summed E-state index contributed by atoms with van der Waals surface area (Å²) in [6.45, 7) is 10.8. The lowest BCUT2D eigenvalue weighted by Crippen LogP contribution is -2.51. The van der Waals surface area contributed by atoms with Crippen LogP contribution < -0.4 is 5.32 Å². The van der Waals surface area contributed by atoms with E-state index in [1.807, 2.05) is 0 Å². The van der Waals surface area contributed by atoms with E-state index in [1.165, 1.54) is 6.08 Å². The molecular formula is C26H32N2O8. The summed E-state index contributed by atoms with van der Waals surface area (Å²) in [5.41, 5.74) is -2.39. The van der Waals surface area contributed by atoms with Crippen molar-refractivity contribution in [1.29, 1.82) is 0 Å². The fourth-order valence-corrected chi connectivity index (χ4v) is 4.33. The number of amides is 3. The van der Waals surface area contributed by atoms with E-state index in [4.69, 9.17) is 14.2 Å². The zero-order valence-electron chi connectivity index (χ0n) is 21.6. The number of allylic oxidation sites excluding steroid dienone is 1. The zero-order chi connectivity index (χ0) is 27.1. The van der Waals surface area contributed by atoms with Gasteiger partial charge in [-0.2, -0.15) is 0 Å². The number of benzene rings is 1. The normalized spacial score (nSPS) is 21.0. The molecule has 3 amide bonds. The summed E-state index contributed by atoms with van der Waals surface area (Å²) >= 11 is 0. The second-order valence-electron chi connectivity index (χ2n) is 10.8. The smallest absolute Gasteiger partial charge is 0.419 e. The number of carbonyl (C=O) groups excluding carboxylic acids is 5. The maximum Gasteiger partial charge on any atom is 0.419 e. The Hall–Kier alpha value is -3.69. The first-order chi connectivity index (χ1) is 16.5. The van der Waals surface area contributed by atoms with Crippen LogP contribution in [0.25, 0.3) is 0 Å². The van der Waals surface area contributed by atoms with Crippen LogP contribution in [0.2, 0.25) is 0 Å². The van der Waals surface area contributed by atoms with Crippen LogP contribution in [0.3, 0.4) is 0 Å². The van der Waals surface area contributed by atoms with E-state index < -0.39 is 52.4 Å². The van der Waals surface area contributed by atoms with Gasteiger partial charge in [0.15, 0.2) is 5.76 Å². The molecular weight excluding hydrogens is 468 g/mol. The molecule has 0 fully saturated rings. The number of esters is 1. The number of anilines is 1. The van der Waals surface area contributed by atoms with Crippen LogP contribution in [-0.4, -0.2) is 52.5 Å². The van der Waals surface area contributed by atoms with E-state index in [0.717, 1.165) is 11.8 Å². The molecule has 0 radical (unpaired) electrons. The number of rotatable bonds is 4. The van der Waals surface area contributed by atoms with E-state index in [1.54, 1.807) is 65.8 Å². The number of hydrogen-bond acceptors (Lipinski definition) is 8. The molecule has 194 valence electrons. The average Bonchev–Trinajstić information content (AvgIpc) is 2.98. The van der Waals surface area contributed by atoms with E-state index in [2.05, 4.69) is 5.32 Å². The molecule has 0 saturated heterocycles. The van der Waals surface area contributed by atoms with Crippen molar-refractivity contribution in [3.63, 3.8) is 0 Å². The third-order valence-corrected chi connectivity index (χ3v) is 5.64. The molecule has 1 aliphatic carbocycles. The van der Waals surface area contributed by atoms with Crippen LogP contribution in [0.4, 0.5) is 15.3 Å². The van der Waals surface area contributed by atoms with Gasteiger partial charge in [0, 0.05) is 19.2 Å². The fraction of sp³-hybridized carbons (Fsp3) is 0.500. The number of para-hydroxylation sites is 1. The lowest BCUT2D eigenvalue weighted by molar-refractivity contribution is -0.141. The summed E-state index contributed by atoms with van der Waals surface area (Å²) in [5.74, 6) is -3.03. The Labute approximate surface area is 209 Å². The summed E-state index contributed by atoms with van der Waals surface area (Å²) in [7, 11) is 0. The fourth-order valence-electron chi connectivity index (χ4n) is 4.33. The molecule has 1 aromatic rings. The van der Waals surface area contributed by atoms with E-state index in [9.17, 15) is 24.0 Å². The molecule has 1 aliphatic heterocycles. The minimum absolute atomic E-state index is 0.138. The highest BCUT2D eigenvalue weighted by atomic mass is 16.6. The monoisotopic (exact) mass is 500 g/mol. The number of Topliss-reactive ketones (excluding diaryl/α,β-unsaturated/α-hetero) is 1. The molecule has 2 atom stereocenters. The number of imide groups is 1. The molecule has 1 aromatic carbocycles. The van der Waals surface area contributed by atoms with Gasteiger partial charge in [-0.15, -0.1) is 0 Å². The third-order valence-electron chi connectivity index (χ3n) is 5.64. The molecule has 0 saturated carbocycles. The first-order valence-corrected chi connectivity index (χ1v) is 11.6. The van der Waals surface area contributed by atoms with Crippen LogP contribution >= 0.6 is 0 Å². The van der Waals surface area contributed by atoms with Crippen LogP contribution in [0.1, 0.15) is 60.5 Å². The van der Waals surface area contributed by atoms with E-state index >= 15 is 0 Å². The Balaban J connectivity index is 2.04. The Morgan fingerprint density at radius 1 is 0.972 bits per heavy atom. The SMILES string of the molecule is CC(=O)OC1=C[C@@H]2C(=O)Nc3ccccc3[C@]2(CCN(C(=O)OC(C)(C)C)C(=O)OC(C)(C)C)C1=O. The standard InChI is InChI=1S/C26H32N2O8/c1-15(29)34-19-14-17-21(31)27-18-11-9-8-10-16(18)26(17,20(19)30)12-13-28(22(32)35-24(2,3)4)23(33)36-25(5,6)7/h8-11,14,17H,12-13H2,1-7H3,(H,27,31)/t17-,26+/m1/s1. The van der Waals surface area contributed by atoms with Crippen LogP contribution in [0.15, 0.2) is 36.1 Å². The van der Waals surface area contributed by atoms with Crippen molar-refractivity contribution >= 4 is 35.5 Å². The summed E-state index contributed by atoms with van der Waals surface area (Å²) in [5, 5.41) is 2.77. The second kappa shape index (κ2) is 9.40. The minimum atomic E-state index is -1.51. The van der Waals surface area contributed by atoms with Crippen molar-refractivity contribution in [2.45, 2.75) is 71.5 Å². The Morgan fingerprint density at radius 2 is 1.53 bits per heavy atom. The molecule has 36 heavy (non-hydrogen) atoms. The molecule has 10 heteroatoms. The van der Waals surface area contributed by atoms with Crippen molar-refractivity contribution in [2.75, 3.05) is 11.9 Å². The van der Waals surface area contributed by atoms with Gasteiger partial charge >= 0.3 is 18.2 Å². The average molecular weight is 501 g/mol. The van der Waals surface area contributed by atoms with Gasteiger partial charge in [0.2, 0.25) is 11.7 Å². The molecule has 0 aromatic heterocycles. The highest BCUT2D eigenvalue weighted by Gasteiger charge is 2.59. The molecule has 3 rings (SSSR count). The molecule has 1 N–H and O–H groups in total. The first kappa shape index (κ1) is 26.9. The molecule has 10 nitrogen and oxygen atoms in total. The predicted octanol–water partition coefficient (Wildman–Crippen LogP) is 4.08. The lowest BCUT2D eigenvalue weighted by atomic mass is 9.65. The Kier molecular flexibility index (Phi) is 7.03. The molecule has 2 aliphatic rings. The molecule has 0 bridgehead atoms. The Bertz CT molecular complexity index is 1110. The largest absolute Gasteiger partial charge is 0.443 e. The number of hydrogen-bond donors (Lipinski definition) is 1. The van der Waals surface area contributed by atoms with Crippen molar-refractivity contribution in [3.05, 3.63) is 41.7 Å².